The van der Waals surface area contributed by atoms with Gasteiger partial charge in [0.2, 0.25) is 0 Å². The highest BCUT2D eigenvalue weighted by molar-refractivity contribution is 6.71. The molecule has 1 aromatic rings. The van der Waals surface area contributed by atoms with Gasteiger partial charge >= 0.3 is 19.1 Å². The van der Waals surface area contributed by atoms with Crippen LogP contribution in [0.15, 0.2) is 12.1 Å². The summed E-state index contributed by atoms with van der Waals surface area (Å²) in [4.78, 5) is 21.3. The first-order valence-electron chi connectivity index (χ1n) is 4.05. The van der Waals surface area contributed by atoms with E-state index in [1.165, 1.54) is 0 Å². The van der Waals surface area contributed by atoms with Gasteiger partial charge in [-0.3, -0.25) is 0 Å². The second-order valence-electron chi connectivity index (χ2n) is 2.93. The van der Waals surface area contributed by atoms with E-state index in [0.29, 0.717) is 12.1 Å². The van der Waals surface area contributed by atoms with Crippen LogP contribution in [0.2, 0.25) is 0 Å². The van der Waals surface area contributed by atoms with Crippen LogP contribution in [0.4, 0.5) is 13.2 Å². The van der Waals surface area contributed by atoms with Crippen LogP contribution in [0.25, 0.3) is 0 Å². The van der Waals surface area contributed by atoms with Crippen molar-refractivity contribution in [1.29, 1.82) is 0 Å². The van der Waals surface area contributed by atoms with Crippen molar-refractivity contribution in [3.8, 4) is 0 Å². The lowest BCUT2D eigenvalue weighted by Gasteiger charge is -2.05. The Morgan fingerprint density at radius 1 is 0.938 bits per heavy atom. The molecule has 82 valence electrons. The summed E-state index contributed by atoms with van der Waals surface area (Å²) in [7, 11) is -1.80. The molecule has 0 unspecified atom stereocenters. The SMILES string of the molecule is O=C1OB(c2c(F)cc(F)cc2F)OC1=O. The van der Waals surface area contributed by atoms with E-state index >= 15 is 0 Å². The molecule has 0 bridgehead atoms. The molecule has 1 aromatic carbocycles. The maximum atomic E-state index is 13.2. The zero-order valence-electron chi connectivity index (χ0n) is 7.50. The summed E-state index contributed by atoms with van der Waals surface area (Å²) in [5, 5.41) is 0. The van der Waals surface area contributed by atoms with Crippen molar-refractivity contribution in [1.82, 2.24) is 0 Å². The molecule has 0 saturated carbocycles. The van der Waals surface area contributed by atoms with E-state index in [-0.39, 0.29) is 0 Å². The first kappa shape index (κ1) is 10.5. The fraction of sp³-hybridized carbons (Fsp3) is 0. The van der Waals surface area contributed by atoms with Gasteiger partial charge in [0.25, 0.3) is 0 Å². The van der Waals surface area contributed by atoms with Crippen LogP contribution in [0.1, 0.15) is 0 Å². The molecule has 0 aliphatic carbocycles. The smallest absolute Gasteiger partial charge is 0.487 e. The van der Waals surface area contributed by atoms with Crippen molar-refractivity contribution in [2.45, 2.75) is 0 Å². The molecule has 8 heteroatoms. The van der Waals surface area contributed by atoms with Gasteiger partial charge in [0.1, 0.15) is 17.5 Å². The van der Waals surface area contributed by atoms with Crippen LogP contribution in [-0.4, -0.2) is 19.1 Å². The van der Waals surface area contributed by atoms with Crippen molar-refractivity contribution >= 4 is 24.5 Å². The van der Waals surface area contributed by atoms with Gasteiger partial charge in [-0.15, -0.1) is 0 Å². The summed E-state index contributed by atoms with van der Waals surface area (Å²) in [6.45, 7) is 0. The van der Waals surface area contributed by atoms with Crippen molar-refractivity contribution < 1.29 is 32.1 Å². The molecule has 16 heavy (non-hydrogen) atoms. The summed E-state index contributed by atoms with van der Waals surface area (Å²) in [5.41, 5.74) is -0.819. The molecule has 0 N–H and O–H groups in total. The largest absolute Gasteiger partial charge is 0.643 e. The van der Waals surface area contributed by atoms with Gasteiger partial charge in [-0.2, -0.15) is 0 Å². The predicted molar refractivity (Wildman–Crippen MR) is 43.9 cm³/mol. The second kappa shape index (κ2) is 3.55. The van der Waals surface area contributed by atoms with Gasteiger partial charge in [0.15, 0.2) is 0 Å². The highest BCUT2D eigenvalue weighted by atomic mass is 19.1. The lowest BCUT2D eigenvalue weighted by molar-refractivity contribution is -0.150. The number of benzene rings is 1. The summed E-state index contributed by atoms with van der Waals surface area (Å²) in [5.74, 6) is -6.44. The molecule has 0 spiro atoms. The molecule has 0 radical (unpaired) electrons. The van der Waals surface area contributed by atoms with Gasteiger partial charge in [-0.1, -0.05) is 0 Å². The Balaban J connectivity index is 2.42. The third-order valence-electron chi connectivity index (χ3n) is 1.87. The van der Waals surface area contributed by atoms with E-state index in [0.717, 1.165) is 0 Å². The third-order valence-corrected chi connectivity index (χ3v) is 1.87. The van der Waals surface area contributed by atoms with Gasteiger partial charge in [0, 0.05) is 12.1 Å². The number of carbonyl (C=O) groups excluding carboxylic acids is 2. The van der Waals surface area contributed by atoms with E-state index < -0.39 is 42.0 Å². The van der Waals surface area contributed by atoms with Crippen molar-refractivity contribution in [3.05, 3.63) is 29.6 Å². The average Bonchev–Trinajstić information content (AvgIpc) is 2.44. The van der Waals surface area contributed by atoms with Crippen molar-refractivity contribution in [2.24, 2.45) is 0 Å². The molecule has 0 atom stereocenters. The highest BCUT2D eigenvalue weighted by Gasteiger charge is 2.45. The molecular formula is C8H2BF3O4. The molecule has 1 aliphatic rings. The topological polar surface area (TPSA) is 52.6 Å². The molecule has 1 fully saturated rings. The van der Waals surface area contributed by atoms with E-state index in [9.17, 15) is 22.8 Å². The maximum absolute atomic E-state index is 13.2. The summed E-state index contributed by atoms with van der Waals surface area (Å²) >= 11 is 0. The van der Waals surface area contributed by atoms with Crippen molar-refractivity contribution in [3.63, 3.8) is 0 Å². The third kappa shape index (κ3) is 1.62. The lowest BCUT2D eigenvalue weighted by atomic mass is 9.78. The first-order valence-corrected chi connectivity index (χ1v) is 4.05. The standard InChI is InChI=1S/C8H2BF3O4/c10-3-1-4(11)6(5(12)2-3)9-15-7(13)8(14)16-9/h1-2H. The molecular weight excluding hydrogens is 228 g/mol. The first-order chi connectivity index (χ1) is 7.49. The fourth-order valence-electron chi connectivity index (χ4n) is 1.21. The minimum Gasteiger partial charge on any atom is -0.487 e. The van der Waals surface area contributed by atoms with Crippen LogP contribution in [0.3, 0.4) is 0 Å². The fourth-order valence-corrected chi connectivity index (χ4v) is 1.21. The minimum atomic E-state index is -1.80. The van der Waals surface area contributed by atoms with Crippen LogP contribution < -0.4 is 5.46 Å². The number of halogens is 3. The molecule has 1 aliphatic heterocycles. The van der Waals surface area contributed by atoms with Crippen LogP contribution in [0, 0.1) is 17.5 Å². The zero-order valence-corrected chi connectivity index (χ0v) is 7.50. The Bertz CT molecular complexity index is 451. The zero-order chi connectivity index (χ0) is 11.9. The molecule has 2 rings (SSSR count). The Morgan fingerprint density at radius 2 is 1.38 bits per heavy atom. The normalized spacial score (nSPS) is 15.1. The molecule has 0 aromatic heterocycles. The summed E-state index contributed by atoms with van der Waals surface area (Å²) in [6.07, 6.45) is 0. The van der Waals surface area contributed by atoms with Gasteiger partial charge in [0.05, 0.1) is 5.46 Å². The summed E-state index contributed by atoms with van der Waals surface area (Å²) in [6, 6.07) is 0.775. The lowest BCUT2D eigenvalue weighted by Crippen LogP contribution is -2.37. The van der Waals surface area contributed by atoms with E-state index in [4.69, 9.17) is 0 Å². The summed E-state index contributed by atoms with van der Waals surface area (Å²) < 4.78 is 47.4. The average molecular weight is 230 g/mol. The molecule has 0 amide bonds. The monoisotopic (exact) mass is 230 g/mol. The highest BCUT2D eigenvalue weighted by Crippen LogP contribution is 2.10. The van der Waals surface area contributed by atoms with Gasteiger partial charge in [-0.25, -0.2) is 22.8 Å². The number of carbonyl (C=O) groups is 2. The van der Waals surface area contributed by atoms with E-state index in [1.54, 1.807) is 0 Å². The maximum Gasteiger partial charge on any atom is 0.643 e. The van der Waals surface area contributed by atoms with E-state index in [2.05, 4.69) is 9.31 Å². The Hall–Kier alpha value is -1.99. The second-order valence-corrected chi connectivity index (χ2v) is 2.93. The molecule has 1 heterocycles. The Morgan fingerprint density at radius 3 is 1.81 bits per heavy atom. The number of hydrogen-bond acceptors (Lipinski definition) is 4. The van der Waals surface area contributed by atoms with Crippen LogP contribution in [0.5, 0.6) is 0 Å². The molecule has 4 nitrogen and oxygen atoms in total. The van der Waals surface area contributed by atoms with Gasteiger partial charge in [-0.05, 0) is 0 Å². The van der Waals surface area contributed by atoms with Crippen molar-refractivity contribution in [2.75, 3.05) is 0 Å². The Labute approximate surface area is 87.1 Å². The molecule has 1 saturated heterocycles. The van der Waals surface area contributed by atoms with Crippen LogP contribution in [-0.2, 0) is 18.9 Å². The van der Waals surface area contributed by atoms with E-state index in [1.807, 2.05) is 0 Å². The number of hydrogen-bond donors (Lipinski definition) is 0. The Kier molecular flexibility index (Phi) is 2.33. The minimum absolute atomic E-state index is 0.387. The van der Waals surface area contributed by atoms with Gasteiger partial charge < -0.3 is 9.31 Å². The number of rotatable bonds is 1. The van der Waals surface area contributed by atoms with Crippen LogP contribution >= 0.6 is 0 Å². The quantitative estimate of drug-likeness (QED) is 0.499. The predicted octanol–water partition coefficient (Wildman–Crippen LogP) is -0.101.